The standard InChI is InChI=1S/C16H28N4O2S4/c1-17(2)13(21)5-11-25-15(23)19-7-9-20(10-8-19)16(24)26-12-6-14(22)18(3)4/h5-12H2,1-4H3. The Labute approximate surface area is 176 Å². The van der Waals surface area contributed by atoms with Gasteiger partial charge in [-0.1, -0.05) is 48.0 Å². The fourth-order valence-corrected chi connectivity index (χ4v) is 4.65. The van der Waals surface area contributed by atoms with Crippen LogP contribution >= 0.6 is 48.0 Å². The highest BCUT2D eigenvalue weighted by atomic mass is 32.2. The Morgan fingerprint density at radius 3 is 1.35 bits per heavy atom. The van der Waals surface area contributed by atoms with Gasteiger partial charge in [-0.2, -0.15) is 0 Å². The molecule has 148 valence electrons. The van der Waals surface area contributed by atoms with Gasteiger partial charge in [-0.15, -0.1) is 0 Å². The van der Waals surface area contributed by atoms with E-state index in [0.717, 1.165) is 34.8 Å². The molecule has 0 aromatic carbocycles. The Hall–Kier alpha value is -0.580. The fourth-order valence-electron chi connectivity index (χ4n) is 2.15. The van der Waals surface area contributed by atoms with E-state index in [0.29, 0.717) is 24.3 Å². The van der Waals surface area contributed by atoms with Gasteiger partial charge in [0, 0.05) is 78.7 Å². The number of piperazine rings is 1. The second kappa shape index (κ2) is 12.0. The molecule has 0 atom stereocenters. The van der Waals surface area contributed by atoms with Crippen molar-refractivity contribution in [1.82, 2.24) is 19.6 Å². The molecule has 0 bridgehead atoms. The van der Waals surface area contributed by atoms with Crippen molar-refractivity contribution >= 4 is 68.4 Å². The average molecular weight is 437 g/mol. The molecule has 0 radical (unpaired) electrons. The summed E-state index contributed by atoms with van der Waals surface area (Å²) in [6.45, 7) is 3.35. The number of carbonyl (C=O) groups excluding carboxylic acids is 2. The highest BCUT2D eigenvalue weighted by Gasteiger charge is 2.21. The van der Waals surface area contributed by atoms with Crippen LogP contribution in [-0.2, 0) is 9.59 Å². The third-order valence-electron chi connectivity index (χ3n) is 3.88. The zero-order valence-corrected chi connectivity index (χ0v) is 19.2. The predicted molar refractivity (Wildman–Crippen MR) is 120 cm³/mol. The molecule has 0 aromatic rings. The lowest BCUT2D eigenvalue weighted by Gasteiger charge is -2.37. The maximum Gasteiger partial charge on any atom is 0.222 e. The van der Waals surface area contributed by atoms with Crippen LogP contribution in [0.5, 0.6) is 0 Å². The van der Waals surface area contributed by atoms with Gasteiger partial charge in [-0.3, -0.25) is 9.59 Å². The van der Waals surface area contributed by atoms with Crippen LogP contribution in [-0.4, -0.2) is 106 Å². The van der Waals surface area contributed by atoms with E-state index < -0.39 is 0 Å². The molecule has 10 heteroatoms. The molecule has 0 saturated carbocycles. The quantitative estimate of drug-likeness (QED) is 0.582. The Morgan fingerprint density at radius 2 is 1.08 bits per heavy atom. The van der Waals surface area contributed by atoms with Crippen LogP contribution in [0.15, 0.2) is 0 Å². The predicted octanol–water partition coefficient (Wildman–Crippen LogP) is 1.60. The molecule has 1 heterocycles. The van der Waals surface area contributed by atoms with Crippen LogP contribution in [0.4, 0.5) is 0 Å². The van der Waals surface area contributed by atoms with Gasteiger partial charge < -0.3 is 19.6 Å². The largest absolute Gasteiger partial charge is 0.354 e. The zero-order chi connectivity index (χ0) is 19.7. The first-order valence-electron chi connectivity index (χ1n) is 8.46. The molecular formula is C16H28N4O2S4. The number of hydrogen-bond donors (Lipinski definition) is 0. The van der Waals surface area contributed by atoms with Crippen LogP contribution in [0.1, 0.15) is 12.8 Å². The monoisotopic (exact) mass is 436 g/mol. The molecule has 1 saturated heterocycles. The highest BCUT2D eigenvalue weighted by molar-refractivity contribution is 8.23. The summed E-state index contributed by atoms with van der Waals surface area (Å²) in [6, 6.07) is 0. The minimum absolute atomic E-state index is 0.125. The molecule has 1 aliphatic heterocycles. The van der Waals surface area contributed by atoms with Gasteiger partial charge in [-0.05, 0) is 0 Å². The van der Waals surface area contributed by atoms with E-state index in [1.54, 1.807) is 61.5 Å². The third-order valence-corrected chi connectivity index (χ3v) is 6.93. The van der Waals surface area contributed by atoms with E-state index in [-0.39, 0.29) is 11.8 Å². The Kier molecular flexibility index (Phi) is 10.8. The summed E-state index contributed by atoms with van der Waals surface area (Å²) in [4.78, 5) is 30.8. The SMILES string of the molecule is CN(C)C(=O)CCSC(=S)N1CCN(C(=S)SCCC(=O)N(C)C)CC1. The Bertz CT molecular complexity index is 474. The lowest BCUT2D eigenvalue weighted by atomic mass is 10.4. The topological polar surface area (TPSA) is 47.1 Å². The summed E-state index contributed by atoms with van der Waals surface area (Å²) >= 11 is 14.1. The van der Waals surface area contributed by atoms with E-state index in [4.69, 9.17) is 24.4 Å². The van der Waals surface area contributed by atoms with Crippen molar-refractivity contribution in [1.29, 1.82) is 0 Å². The first-order chi connectivity index (χ1) is 12.2. The molecule has 0 aromatic heterocycles. The molecule has 0 unspecified atom stereocenters. The van der Waals surface area contributed by atoms with Crippen molar-refractivity contribution in [2.45, 2.75) is 12.8 Å². The maximum absolute atomic E-state index is 11.6. The molecule has 0 N–H and O–H groups in total. The number of rotatable bonds is 6. The molecular weight excluding hydrogens is 408 g/mol. The number of hydrogen-bond acceptors (Lipinski definition) is 6. The van der Waals surface area contributed by atoms with E-state index in [1.165, 1.54) is 0 Å². The van der Waals surface area contributed by atoms with Crippen molar-refractivity contribution in [3.8, 4) is 0 Å². The summed E-state index contributed by atoms with van der Waals surface area (Å²) in [5.41, 5.74) is 0. The Balaban J connectivity index is 2.24. The normalized spacial score (nSPS) is 14.2. The third kappa shape index (κ3) is 8.41. The first kappa shape index (κ1) is 23.5. The van der Waals surface area contributed by atoms with Gasteiger partial charge in [-0.25, -0.2) is 0 Å². The second-order valence-corrected chi connectivity index (χ2v) is 9.74. The van der Waals surface area contributed by atoms with Crippen LogP contribution < -0.4 is 0 Å². The van der Waals surface area contributed by atoms with Crippen LogP contribution in [0.25, 0.3) is 0 Å². The highest BCUT2D eigenvalue weighted by Crippen LogP contribution is 2.17. The number of thioether (sulfide) groups is 2. The summed E-state index contributed by atoms with van der Waals surface area (Å²) in [5, 5.41) is 0. The maximum atomic E-state index is 11.6. The summed E-state index contributed by atoms with van der Waals surface area (Å²) in [5.74, 6) is 1.68. The van der Waals surface area contributed by atoms with Crippen molar-refractivity contribution in [2.24, 2.45) is 0 Å². The molecule has 0 spiro atoms. The van der Waals surface area contributed by atoms with Gasteiger partial charge in [0.2, 0.25) is 11.8 Å². The van der Waals surface area contributed by atoms with Crippen LogP contribution in [0.3, 0.4) is 0 Å². The summed E-state index contributed by atoms with van der Waals surface area (Å²) < 4.78 is 1.71. The summed E-state index contributed by atoms with van der Waals surface area (Å²) in [6.07, 6.45) is 1.01. The zero-order valence-electron chi connectivity index (χ0n) is 15.9. The number of nitrogens with zero attached hydrogens (tertiary/aromatic N) is 4. The van der Waals surface area contributed by atoms with Gasteiger partial charge >= 0.3 is 0 Å². The van der Waals surface area contributed by atoms with E-state index in [2.05, 4.69) is 9.80 Å². The lowest BCUT2D eigenvalue weighted by molar-refractivity contribution is -0.128. The fraction of sp³-hybridized carbons (Fsp3) is 0.750. The van der Waals surface area contributed by atoms with Crippen LogP contribution in [0.2, 0.25) is 0 Å². The molecule has 1 rings (SSSR count). The Morgan fingerprint density at radius 1 is 0.769 bits per heavy atom. The lowest BCUT2D eigenvalue weighted by Crippen LogP contribution is -2.48. The van der Waals surface area contributed by atoms with Crippen LogP contribution in [0, 0.1) is 0 Å². The molecule has 1 fully saturated rings. The van der Waals surface area contributed by atoms with Gasteiger partial charge in [0.05, 0.1) is 0 Å². The molecule has 0 aliphatic carbocycles. The minimum atomic E-state index is 0.125. The van der Waals surface area contributed by atoms with E-state index >= 15 is 0 Å². The molecule has 2 amide bonds. The van der Waals surface area contributed by atoms with E-state index in [9.17, 15) is 9.59 Å². The van der Waals surface area contributed by atoms with Gasteiger partial charge in [0.15, 0.2) is 0 Å². The molecule has 1 aliphatic rings. The van der Waals surface area contributed by atoms with Crippen molar-refractivity contribution < 1.29 is 9.59 Å². The first-order valence-corrected chi connectivity index (χ1v) is 11.2. The van der Waals surface area contributed by atoms with Crippen molar-refractivity contribution in [3.05, 3.63) is 0 Å². The van der Waals surface area contributed by atoms with Crippen molar-refractivity contribution in [2.75, 3.05) is 65.9 Å². The number of amides is 2. The number of thiocarbonyl (C=S) groups is 2. The molecule has 26 heavy (non-hydrogen) atoms. The van der Waals surface area contributed by atoms with E-state index in [1.807, 2.05) is 0 Å². The van der Waals surface area contributed by atoms with Gasteiger partial charge in [0.1, 0.15) is 8.64 Å². The van der Waals surface area contributed by atoms with Crippen molar-refractivity contribution in [3.63, 3.8) is 0 Å². The second-order valence-electron chi connectivity index (χ2n) is 6.28. The summed E-state index contributed by atoms with van der Waals surface area (Å²) in [7, 11) is 7.06. The molecule has 6 nitrogen and oxygen atoms in total. The number of carbonyl (C=O) groups is 2. The average Bonchev–Trinajstić information content (AvgIpc) is 2.61. The smallest absolute Gasteiger partial charge is 0.222 e. The van der Waals surface area contributed by atoms with Gasteiger partial charge in [0.25, 0.3) is 0 Å². The minimum Gasteiger partial charge on any atom is -0.354 e.